The Bertz CT molecular complexity index is 693. The fourth-order valence-corrected chi connectivity index (χ4v) is 2.80. The summed E-state index contributed by atoms with van der Waals surface area (Å²) in [5.41, 5.74) is 1.68. The minimum atomic E-state index is 0.649. The maximum atomic E-state index is 9.39. The van der Waals surface area contributed by atoms with E-state index in [-0.39, 0.29) is 0 Å². The second kappa shape index (κ2) is 4.49. The fraction of sp³-hybridized carbons (Fsp3) is 0.412. The molecule has 3 heteroatoms. The molecule has 2 fully saturated rings. The molecule has 20 heavy (non-hydrogen) atoms. The van der Waals surface area contributed by atoms with Gasteiger partial charge in [-0.15, -0.1) is 0 Å². The molecule has 0 amide bonds. The van der Waals surface area contributed by atoms with Gasteiger partial charge in [-0.2, -0.15) is 5.26 Å². The lowest BCUT2D eigenvalue weighted by atomic mass is 10.1. The highest BCUT2D eigenvalue weighted by Gasteiger charge is 2.34. The van der Waals surface area contributed by atoms with E-state index in [0.717, 1.165) is 34.7 Å². The molecule has 100 valence electrons. The molecule has 2 saturated carbocycles. The van der Waals surface area contributed by atoms with Gasteiger partial charge in [-0.3, -0.25) is 0 Å². The van der Waals surface area contributed by atoms with E-state index in [1.165, 1.54) is 25.7 Å². The Hall–Kier alpha value is -2.08. The molecule has 0 atom stereocenters. The largest absolute Gasteiger partial charge is 0.353 e. The first-order valence-corrected chi connectivity index (χ1v) is 7.41. The highest BCUT2D eigenvalue weighted by atomic mass is 15.2. The molecule has 1 aromatic carbocycles. The average Bonchev–Trinajstić information content (AvgIpc) is 3.37. The van der Waals surface area contributed by atoms with Crippen LogP contribution in [0.5, 0.6) is 0 Å². The van der Waals surface area contributed by atoms with Crippen molar-refractivity contribution in [2.24, 2.45) is 5.92 Å². The summed E-state index contributed by atoms with van der Waals surface area (Å²) in [6.07, 6.45) is 5.23. The van der Waals surface area contributed by atoms with E-state index in [2.05, 4.69) is 11.0 Å². The van der Waals surface area contributed by atoms with Gasteiger partial charge in [0.05, 0.1) is 17.1 Å². The van der Waals surface area contributed by atoms with Crippen LogP contribution in [-0.4, -0.2) is 17.6 Å². The van der Waals surface area contributed by atoms with E-state index < -0.39 is 0 Å². The number of nitriles is 1. The third-order valence-electron chi connectivity index (χ3n) is 4.26. The summed E-state index contributed by atoms with van der Waals surface area (Å²) in [6.45, 7) is 1.11. The van der Waals surface area contributed by atoms with Crippen molar-refractivity contribution in [3.8, 4) is 6.07 Å². The average molecular weight is 263 g/mol. The SMILES string of the molecule is N#Cc1cc(N(CC2CC2)C2CC2)nc2ccccc12. The number of rotatable bonds is 4. The Kier molecular flexibility index (Phi) is 2.63. The van der Waals surface area contributed by atoms with Gasteiger partial charge in [0.1, 0.15) is 5.82 Å². The fourth-order valence-electron chi connectivity index (χ4n) is 2.80. The molecule has 0 bridgehead atoms. The van der Waals surface area contributed by atoms with Gasteiger partial charge in [-0.1, -0.05) is 18.2 Å². The first-order chi connectivity index (χ1) is 9.85. The number of pyridine rings is 1. The summed E-state index contributed by atoms with van der Waals surface area (Å²) in [7, 11) is 0. The van der Waals surface area contributed by atoms with Crippen molar-refractivity contribution in [2.75, 3.05) is 11.4 Å². The monoisotopic (exact) mass is 263 g/mol. The summed E-state index contributed by atoms with van der Waals surface area (Å²) in [4.78, 5) is 7.24. The second-order valence-corrected chi connectivity index (χ2v) is 5.98. The molecule has 3 nitrogen and oxygen atoms in total. The lowest BCUT2D eigenvalue weighted by Gasteiger charge is -2.24. The Labute approximate surface area is 118 Å². The van der Waals surface area contributed by atoms with Crippen molar-refractivity contribution in [3.05, 3.63) is 35.9 Å². The van der Waals surface area contributed by atoms with Gasteiger partial charge in [0, 0.05) is 18.0 Å². The molecule has 1 heterocycles. The maximum absolute atomic E-state index is 9.39. The highest BCUT2D eigenvalue weighted by Crippen LogP contribution is 2.37. The summed E-state index contributed by atoms with van der Waals surface area (Å²) >= 11 is 0. The third-order valence-corrected chi connectivity index (χ3v) is 4.26. The van der Waals surface area contributed by atoms with Crippen molar-refractivity contribution >= 4 is 16.7 Å². The number of fused-ring (bicyclic) bond motifs is 1. The van der Waals surface area contributed by atoms with E-state index >= 15 is 0 Å². The number of anilines is 1. The second-order valence-electron chi connectivity index (χ2n) is 5.98. The van der Waals surface area contributed by atoms with Crippen LogP contribution in [0.25, 0.3) is 10.9 Å². The van der Waals surface area contributed by atoms with Crippen LogP contribution < -0.4 is 4.90 Å². The van der Waals surface area contributed by atoms with Crippen LogP contribution in [-0.2, 0) is 0 Å². The number of aromatic nitrogens is 1. The molecular formula is C17H17N3. The number of benzene rings is 1. The van der Waals surface area contributed by atoms with Gasteiger partial charge in [0.15, 0.2) is 0 Å². The molecule has 0 spiro atoms. The Balaban J connectivity index is 1.79. The highest BCUT2D eigenvalue weighted by molar-refractivity contribution is 5.86. The van der Waals surface area contributed by atoms with E-state index in [1.807, 2.05) is 30.3 Å². The molecule has 0 aliphatic heterocycles. The topological polar surface area (TPSA) is 39.9 Å². The van der Waals surface area contributed by atoms with Crippen LogP contribution in [0.3, 0.4) is 0 Å². The molecule has 0 saturated heterocycles. The number of para-hydroxylation sites is 1. The summed E-state index contributed by atoms with van der Waals surface area (Å²) in [5, 5.41) is 10.4. The van der Waals surface area contributed by atoms with E-state index in [9.17, 15) is 5.26 Å². The molecule has 0 N–H and O–H groups in total. The normalized spacial score (nSPS) is 17.9. The Morgan fingerprint density at radius 3 is 2.70 bits per heavy atom. The first-order valence-electron chi connectivity index (χ1n) is 7.41. The zero-order valence-electron chi connectivity index (χ0n) is 11.4. The van der Waals surface area contributed by atoms with Crippen molar-refractivity contribution in [3.63, 3.8) is 0 Å². The van der Waals surface area contributed by atoms with Gasteiger partial charge in [-0.05, 0) is 43.7 Å². The molecule has 4 rings (SSSR count). The zero-order chi connectivity index (χ0) is 13.5. The van der Waals surface area contributed by atoms with Crippen LogP contribution >= 0.6 is 0 Å². The van der Waals surface area contributed by atoms with E-state index in [1.54, 1.807) is 0 Å². The Morgan fingerprint density at radius 2 is 2.00 bits per heavy atom. The first kappa shape index (κ1) is 11.7. The quantitative estimate of drug-likeness (QED) is 0.847. The third kappa shape index (κ3) is 2.12. The lowest BCUT2D eigenvalue weighted by molar-refractivity contribution is 0.710. The molecule has 2 aliphatic rings. The molecule has 2 aromatic rings. The number of hydrogen-bond donors (Lipinski definition) is 0. The van der Waals surface area contributed by atoms with Crippen LogP contribution in [0, 0.1) is 17.2 Å². The predicted molar refractivity (Wildman–Crippen MR) is 79.6 cm³/mol. The lowest BCUT2D eigenvalue weighted by Crippen LogP contribution is -2.29. The number of nitrogens with zero attached hydrogens (tertiary/aromatic N) is 3. The van der Waals surface area contributed by atoms with Crippen molar-refractivity contribution < 1.29 is 0 Å². The standard InChI is InChI=1S/C17H17N3/c18-10-13-9-17(19-16-4-2-1-3-15(13)16)20(14-7-8-14)11-12-5-6-12/h1-4,9,12,14H,5-8,11H2. The van der Waals surface area contributed by atoms with Gasteiger partial charge in [0.25, 0.3) is 0 Å². The van der Waals surface area contributed by atoms with Gasteiger partial charge in [0.2, 0.25) is 0 Å². The smallest absolute Gasteiger partial charge is 0.130 e. The van der Waals surface area contributed by atoms with Crippen LogP contribution in [0.1, 0.15) is 31.2 Å². The molecule has 1 aromatic heterocycles. The van der Waals surface area contributed by atoms with Crippen molar-refractivity contribution in [2.45, 2.75) is 31.7 Å². The minimum absolute atomic E-state index is 0.649. The zero-order valence-corrected chi connectivity index (χ0v) is 11.4. The van der Waals surface area contributed by atoms with Crippen LogP contribution in [0.2, 0.25) is 0 Å². The van der Waals surface area contributed by atoms with Gasteiger partial charge in [-0.25, -0.2) is 4.98 Å². The molecule has 2 aliphatic carbocycles. The molecule has 0 radical (unpaired) electrons. The van der Waals surface area contributed by atoms with E-state index in [4.69, 9.17) is 4.98 Å². The minimum Gasteiger partial charge on any atom is -0.353 e. The number of hydrogen-bond acceptors (Lipinski definition) is 3. The van der Waals surface area contributed by atoms with Crippen LogP contribution in [0.4, 0.5) is 5.82 Å². The van der Waals surface area contributed by atoms with Crippen molar-refractivity contribution in [1.82, 2.24) is 4.98 Å². The van der Waals surface area contributed by atoms with E-state index in [0.29, 0.717) is 6.04 Å². The summed E-state index contributed by atoms with van der Waals surface area (Å²) in [6, 6.07) is 12.9. The van der Waals surface area contributed by atoms with Gasteiger partial charge < -0.3 is 4.90 Å². The van der Waals surface area contributed by atoms with Gasteiger partial charge >= 0.3 is 0 Å². The predicted octanol–water partition coefficient (Wildman–Crippen LogP) is 3.49. The Morgan fingerprint density at radius 1 is 1.20 bits per heavy atom. The summed E-state index contributed by atoms with van der Waals surface area (Å²) < 4.78 is 0. The van der Waals surface area contributed by atoms with Crippen molar-refractivity contribution in [1.29, 1.82) is 5.26 Å². The summed E-state index contributed by atoms with van der Waals surface area (Å²) in [5.74, 6) is 1.84. The molecular weight excluding hydrogens is 246 g/mol. The van der Waals surface area contributed by atoms with Crippen LogP contribution in [0.15, 0.2) is 30.3 Å². The maximum Gasteiger partial charge on any atom is 0.130 e. The molecule has 0 unspecified atom stereocenters.